The molecular weight excluding hydrogens is 466 g/mol. The summed E-state index contributed by atoms with van der Waals surface area (Å²) in [6, 6.07) is 14.0. The average molecular weight is 486 g/mol. The number of anilines is 1. The summed E-state index contributed by atoms with van der Waals surface area (Å²) in [5.41, 5.74) is -0.167. The molecule has 0 unspecified atom stereocenters. The van der Waals surface area contributed by atoms with Crippen molar-refractivity contribution in [3.8, 4) is 11.4 Å². The van der Waals surface area contributed by atoms with E-state index in [0.717, 1.165) is 28.1 Å². The van der Waals surface area contributed by atoms with E-state index in [2.05, 4.69) is 26.3 Å². The van der Waals surface area contributed by atoms with Crippen LogP contribution in [0, 0.1) is 0 Å². The van der Waals surface area contributed by atoms with Crippen LogP contribution < -0.4 is 10.9 Å². The Labute approximate surface area is 186 Å². The Morgan fingerprint density at radius 1 is 1.16 bits per heavy atom. The molecule has 8 nitrogen and oxygen atoms in total. The number of esters is 1. The largest absolute Gasteiger partial charge is 0.505 e. The number of benzene rings is 2. The second kappa shape index (κ2) is 10.0. The molecule has 0 saturated heterocycles. The quantitative estimate of drug-likeness (QED) is 0.387. The standard InChI is InChI=1S/C22H20BrN3O5/c1-2-3-12-31-22(30)16-6-4-5-7-17(16)24-21(29)20-18(27)13-19(28)26(25-20)15-10-8-14(23)9-11-15/h4-11,13,27H,2-3,12H2,1H3,(H,24,29). The molecule has 0 fully saturated rings. The number of carbonyl (C=O) groups excluding carboxylic acids is 2. The molecule has 0 aliphatic rings. The lowest BCUT2D eigenvalue weighted by molar-refractivity contribution is 0.0501. The Morgan fingerprint density at radius 2 is 1.87 bits per heavy atom. The van der Waals surface area contributed by atoms with Crippen molar-refractivity contribution in [2.24, 2.45) is 0 Å². The van der Waals surface area contributed by atoms with Gasteiger partial charge >= 0.3 is 5.97 Å². The van der Waals surface area contributed by atoms with Crippen LogP contribution in [0.25, 0.3) is 5.69 Å². The molecule has 3 aromatic rings. The first-order valence-corrected chi connectivity index (χ1v) is 10.4. The summed E-state index contributed by atoms with van der Waals surface area (Å²) >= 11 is 3.31. The third-order valence-corrected chi connectivity index (χ3v) is 4.85. The maximum atomic E-state index is 12.8. The smallest absolute Gasteiger partial charge is 0.340 e. The summed E-state index contributed by atoms with van der Waals surface area (Å²) in [5, 5.41) is 16.7. The van der Waals surface area contributed by atoms with Crippen molar-refractivity contribution in [3.63, 3.8) is 0 Å². The van der Waals surface area contributed by atoms with Gasteiger partial charge in [-0.25, -0.2) is 4.79 Å². The second-order valence-electron chi connectivity index (χ2n) is 6.59. The minimum absolute atomic E-state index is 0.174. The summed E-state index contributed by atoms with van der Waals surface area (Å²) in [7, 11) is 0. The van der Waals surface area contributed by atoms with Crippen molar-refractivity contribution in [3.05, 3.63) is 80.7 Å². The molecule has 1 amide bonds. The zero-order valence-electron chi connectivity index (χ0n) is 16.7. The van der Waals surface area contributed by atoms with E-state index in [-0.39, 0.29) is 23.6 Å². The molecule has 2 aromatic carbocycles. The second-order valence-corrected chi connectivity index (χ2v) is 7.51. The minimum Gasteiger partial charge on any atom is -0.505 e. The molecule has 0 aliphatic heterocycles. The molecule has 31 heavy (non-hydrogen) atoms. The number of hydrogen-bond acceptors (Lipinski definition) is 6. The Bertz CT molecular complexity index is 1160. The number of nitrogens with one attached hydrogen (secondary N) is 1. The lowest BCUT2D eigenvalue weighted by atomic mass is 10.1. The molecule has 160 valence electrons. The topological polar surface area (TPSA) is 111 Å². The van der Waals surface area contributed by atoms with Crippen molar-refractivity contribution < 1.29 is 19.4 Å². The molecule has 1 heterocycles. The summed E-state index contributed by atoms with van der Waals surface area (Å²) < 4.78 is 7.03. The van der Waals surface area contributed by atoms with E-state index in [1.807, 2.05) is 6.92 Å². The predicted octanol–water partition coefficient (Wildman–Crippen LogP) is 3.91. The molecule has 0 spiro atoms. The van der Waals surface area contributed by atoms with Crippen molar-refractivity contribution in [1.29, 1.82) is 0 Å². The van der Waals surface area contributed by atoms with E-state index in [9.17, 15) is 19.5 Å². The van der Waals surface area contributed by atoms with Crippen LogP contribution in [0.4, 0.5) is 5.69 Å². The number of nitrogens with zero attached hydrogens (tertiary/aromatic N) is 2. The van der Waals surface area contributed by atoms with Gasteiger partial charge in [-0.3, -0.25) is 9.59 Å². The number of halogens is 1. The molecule has 0 saturated carbocycles. The van der Waals surface area contributed by atoms with Crippen molar-refractivity contribution in [1.82, 2.24) is 9.78 Å². The number of carbonyl (C=O) groups is 2. The van der Waals surface area contributed by atoms with Gasteiger partial charge in [-0.2, -0.15) is 9.78 Å². The third-order valence-electron chi connectivity index (χ3n) is 4.32. The fourth-order valence-electron chi connectivity index (χ4n) is 2.71. The van der Waals surface area contributed by atoms with Gasteiger partial charge in [0.25, 0.3) is 11.5 Å². The Morgan fingerprint density at radius 3 is 2.58 bits per heavy atom. The van der Waals surface area contributed by atoms with Gasteiger partial charge in [0.2, 0.25) is 0 Å². The number of ether oxygens (including phenoxy) is 1. The van der Waals surface area contributed by atoms with Crippen LogP contribution >= 0.6 is 15.9 Å². The first-order chi connectivity index (χ1) is 14.9. The van der Waals surface area contributed by atoms with Crippen LogP contribution in [0.3, 0.4) is 0 Å². The Kier molecular flexibility index (Phi) is 7.19. The van der Waals surface area contributed by atoms with Crippen molar-refractivity contribution in [2.45, 2.75) is 19.8 Å². The normalized spacial score (nSPS) is 10.5. The molecule has 0 bridgehead atoms. The highest BCUT2D eigenvalue weighted by Crippen LogP contribution is 2.20. The van der Waals surface area contributed by atoms with Gasteiger partial charge in [0.1, 0.15) is 0 Å². The zero-order valence-corrected chi connectivity index (χ0v) is 18.3. The van der Waals surface area contributed by atoms with Gasteiger partial charge < -0.3 is 15.2 Å². The predicted molar refractivity (Wildman–Crippen MR) is 119 cm³/mol. The van der Waals surface area contributed by atoms with Gasteiger partial charge in [0, 0.05) is 10.5 Å². The highest BCUT2D eigenvalue weighted by molar-refractivity contribution is 9.10. The van der Waals surface area contributed by atoms with E-state index in [0.29, 0.717) is 5.69 Å². The van der Waals surface area contributed by atoms with E-state index in [1.165, 1.54) is 12.1 Å². The Balaban J connectivity index is 1.89. The van der Waals surface area contributed by atoms with Crippen LogP contribution in [0.2, 0.25) is 0 Å². The van der Waals surface area contributed by atoms with Gasteiger partial charge in [0.15, 0.2) is 11.4 Å². The molecule has 2 N–H and O–H groups in total. The van der Waals surface area contributed by atoms with Gasteiger partial charge in [-0.05, 0) is 42.8 Å². The average Bonchev–Trinajstić information content (AvgIpc) is 2.75. The highest BCUT2D eigenvalue weighted by Gasteiger charge is 2.20. The first kappa shape index (κ1) is 22.2. The number of aromatic hydroxyl groups is 1. The van der Waals surface area contributed by atoms with Crippen LogP contribution in [0.15, 0.2) is 63.9 Å². The van der Waals surface area contributed by atoms with Crippen LogP contribution in [-0.4, -0.2) is 33.4 Å². The number of para-hydroxylation sites is 1. The summed E-state index contributed by atoms with van der Waals surface area (Å²) in [4.78, 5) is 37.4. The van der Waals surface area contributed by atoms with Gasteiger partial charge in [-0.1, -0.05) is 41.4 Å². The lowest BCUT2D eigenvalue weighted by Gasteiger charge is -2.12. The number of aromatic nitrogens is 2. The monoisotopic (exact) mass is 485 g/mol. The van der Waals surface area contributed by atoms with Crippen LogP contribution in [0.5, 0.6) is 5.75 Å². The SMILES string of the molecule is CCCCOC(=O)c1ccccc1NC(=O)c1nn(-c2ccc(Br)cc2)c(=O)cc1O. The Hall–Kier alpha value is -3.46. The zero-order chi connectivity index (χ0) is 22.4. The third kappa shape index (κ3) is 5.37. The lowest BCUT2D eigenvalue weighted by Crippen LogP contribution is -2.25. The molecule has 1 aromatic heterocycles. The van der Waals surface area contributed by atoms with E-state index < -0.39 is 23.2 Å². The van der Waals surface area contributed by atoms with Gasteiger partial charge in [-0.15, -0.1) is 0 Å². The summed E-state index contributed by atoms with van der Waals surface area (Å²) in [5.74, 6) is -1.92. The van der Waals surface area contributed by atoms with Gasteiger partial charge in [0.05, 0.1) is 23.5 Å². The van der Waals surface area contributed by atoms with E-state index in [4.69, 9.17) is 4.74 Å². The van der Waals surface area contributed by atoms with Crippen LogP contribution in [-0.2, 0) is 4.74 Å². The molecule has 3 rings (SSSR count). The first-order valence-electron chi connectivity index (χ1n) is 9.57. The van der Waals surface area contributed by atoms with Crippen molar-refractivity contribution in [2.75, 3.05) is 11.9 Å². The summed E-state index contributed by atoms with van der Waals surface area (Å²) in [6.45, 7) is 2.26. The number of unbranched alkanes of at least 4 members (excludes halogenated alkanes) is 1. The number of amides is 1. The molecule has 0 atom stereocenters. The summed E-state index contributed by atoms with van der Waals surface area (Å²) in [6.07, 6.45) is 1.61. The molecular formula is C22H20BrN3O5. The minimum atomic E-state index is -0.780. The molecule has 9 heteroatoms. The number of hydrogen-bond donors (Lipinski definition) is 2. The maximum Gasteiger partial charge on any atom is 0.340 e. The van der Waals surface area contributed by atoms with Crippen LogP contribution in [0.1, 0.15) is 40.6 Å². The van der Waals surface area contributed by atoms with Crippen molar-refractivity contribution >= 4 is 33.5 Å². The van der Waals surface area contributed by atoms with E-state index in [1.54, 1.807) is 36.4 Å². The van der Waals surface area contributed by atoms with E-state index >= 15 is 0 Å². The maximum absolute atomic E-state index is 12.8. The molecule has 0 radical (unpaired) electrons. The molecule has 0 aliphatic carbocycles. The fraction of sp³-hybridized carbons (Fsp3) is 0.182. The highest BCUT2D eigenvalue weighted by atomic mass is 79.9. The fourth-order valence-corrected chi connectivity index (χ4v) is 2.98. The number of rotatable bonds is 7.